The smallest absolute Gasteiger partial charge is 0.239 e. The summed E-state index contributed by atoms with van der Waals surface area (Å²) in [6, 6.07) is 0. The van der Waals surface area contributed by atoms with Gasteiger partial charge in [0.1, 0.15) is 0 Å². The van der Waals surface area contributed by atoms with Crippen molar-refractivity contribution in [2.75, 3.05) is 19.6 Å². The molecule has 0 spiro atoms. The summed E-state index contributed by atoms with van der Waals surface area (Å²) >= 11 is 0. The standard InChI is InChI=1S/C17H37N3O/c1-16(2,3)11-9-7-6-8-10-12-19-13-14-20-15(21)17(4,5)18/h19H,6-14,18H2,1-5H3,(H,20,21). The summed E-state index contributed by atoms with van der Waals surface area (Å²) in [6.07, 6.45) is 7.85. The average molecular weight is 300 g/mol. The second-order valence-corrected chi connectivity index (χ2v) is 7.81. The molecular formula is C17H37N3O. The number of hydrogen-bond acceptors (Lipinski definition) is 3. The van der Waals surface area contributed by atoms with Crippen molar-refractivity contribution in [3.8, 4) is 0 Å². The zero-order valence-corrected chi connectivity index (χ0v) is 14.8. The third kappa shape index (κ3) is 14.1. The van der Waals surface area contributed by atoms with E-state index >= 15 is 0 Å². The lowest BCUT2D eigenvalue weighted by molar-refractivity contribution is -0.125. The number of carbonyl (C=O) groups is 1. The van der Waals surface area contributed by atoms with E-state index in [1.807, 2.05) is 0 Å². The fourth-order valence-corrected chi connectivity index (χ4v) is 2.05. The molecule has 4 nitrogen and oxygen atoms in total. The van der Waals surface area contributed by atoms with Crippen molar-refractivity contribution in [3.63, 3.8) is 0 Å². The SMILES string of the molecule is CC(C)(C)CCCCCCCNCCNC(=O)C(C)(C)N. The minimum Gasteiger partial charge on any atom is -0.353 e. The van der Waals surface area contributed by atoms with E-state index in [0.717, 1.165) is 13.1 Å². The number of nitrogens with one attached hydrogen (secondary N) is 2. The van der Waals surface area contributed by atoms with Gasteiger partial charge in [-0.3, -0.25) is 4.79 Å². The Morgan fingerprint density at radius 2 is 1.43 bits per heavy atom. The number of amides is 1. The predicted molar refractivity (Wildman–Crippen MR) is 91.3 cm³/mol. The molecule has 0 rings (SSSR count). The van der Waals surface area contributed by atoms with Crippen molar-refractivity contribution in [2.45, 2.75) is 78.7 Å². The van der Waals surface area contributed by atoms with E-state index in [9.17, 15) is 4.79 Å². The van der Waals surface area contributed by atoms with Crippen LogP contribution in [0.1, 0.15) is 73.1 Å². The lowest BCUT2D eigenvalue weighted by Gasteiger charge is -2.18. The van der Waals surface area contributed by atoms with Gasteiger partial charge in [-0.05, 0) is 38.6 Å². The van der Waals surface area contributed by atoms with Gasteiger partial charge in [0.05, 0.1) is 5.54 Å². The molecule has 0 saturated carbocycles. The summed E-state index contributed by atoms with van der Waals surface area (Å²) in [5, 5.41) is 6.18. The zero-order chi connectivity index (χ0) is 16.4. The number of nitrogens with two attached hydrogens (primary N) is 1. The van der Waals surface area contributed by atoms with Crippen molar-refractivity contribution in [1.82, 2.24) is 10.6 Å². The maximum Gasteiger partial charge on any atom is 0.239 e. The monoisotopic (exact) mass is 299 g/mol. The highest BCUT2D eigenvalue weighted by molar-refractivity contribution is 5.84. The molecule has 0 aliphatic heterocycles. The van der Waals surface area contributed by atoms with Crippen LogP contribution < -0.4 is 16.4 Å². The van der Waals surface area contributed by atoms with Gasteiger partial charge in [-0.25, -0.2) is 0 Å². The molecule has 0 atom stereocenters. The minimum absolute atomic E-state index is 0.0943. The van der Waals surface area contributed by atoms with Gasteiger partial charge in [0.15, 0.2) is 0 Å². The van der Waals surface area contributed by atoms with Crippen molar-refractivity contribution in [1.29, 1.82) is 0 Å². The van der Waals surface area contributed by atoms with Crippen LogP contribution in [-0.2, 0) is 4.79 Å². The highest BCUT2D eigenvalue weighted by Gasteiger charge is 2.20. The molecule has 0 fully saturated rings. The van der Waals surface area contributed by atoms with Crippen LogP contribution in [-0.4, -0.2) is 31.1 Å². The van der Waals surface area contributed by atoms with Crippen LogP contribution in [0.3, 0.4) is 0 Å². The highest BCUT2D eigenvalue weighted by atomic mass is 16.2. The van der Waals surface area contributed by atoms with E-state index < -0.39 is 5.54 Å². The van der Waals surface area contributed by atoms with Crippen LogP contribution in [0.25, 0.3) is 0 Å². The molecule has 0 saturated heterocycles. The van der Waals surface area contributed by atoms with E-state index in [0.29, 0.717) is 12.0 Å². The maximum absolute atomic E-state index is 11.5. The normalized spacial score (nSPS) is 12.5. The second kappa shape index (κ2) is 10.2. The molecule has 0 radical (unpaired) electrons. The Kier molecular flexibility index (Phi) is 9.88. The molecule has 0 aromatic rings. The van der Waals surface area contributed by atoms with E-state index in [1.54, 1.807) is 13.8 Å². The van der Waals surface area contributed by atoms with Gasteiger partial charge in [0, 0.05) is 13.1 Å². The maximum atomic E-state index is 11.5. The Hall–Kier alpha value is -0.610. The first kappa shape index (κ1) is 20.4. The summed E-state index contributed by atoms with van der Waals surface area (Å²) in [6.45, 7) is 12.8. The first-order valence-corrected chi connectivity index (χ1v) is 8.41. The van der Waals surface area contributed by atoms with Crippen LogP contribution in [0, 0.1) is 5.41 Å². The summed E-state index contributed by atoms with van der Waals surface area (Å²) < 4.78 is 0. The Morgan fingerprint density at radius 1 is 0.857 bits per heavy atom. The van der Waals surface area contributed by atoms with Gasteiger partial charge in [-0.1, -0.05) is 46.5 Å². The van der Waals surface area contributed by atoms with Crippen molar-refractivity contribution in [3.05, 3.63) is 0 Å². The van der Waals surface area contributed by atoms with Gasteiger partial charge >= 0.3 is 0 Å². The first-order valence-electron chi connectivity index (χ1n) is 8.41. The molecule has 0 aliphatic carbocycles. The van der Waals surface area contributed by atoms with Gasteiger partial charge in [0.25, 0.3) is 0 Å². The minimum atomic E-state index is -0.785. The lowest BCUT2D eigenvalue weighted by Crippen LogP contribution is -2.50. The lowest BCUT2D eigenvalue weighted by atomic mass is 9.89. The molecule has 1 amide bonds. The van der Waals surface area contributed by atoms with Crippen LogP contribution in [0.5, 0.6) is 0 Å². The second-order valence-electron chi connectivity index (χ2n) is 7.81. The summed E-state index contributed by atoms with van der Waals surface area (Å²) in [4.78, 5) is 11.5. The summed E-state index contributed by atoms with van der Waals surface area (Å²) in [5.74, 6) is -0.0943. The molecule has 0 bridgehead atoms. The Balaban J connectivity index is 3.25. The fourth-order valence-electron chi connectivity index (χ4n) is 2.05. The molecule has 0 unspecified atom stereocenters. The quantitative estimate of drug-likeness (QED) is 0.514. The molecule has 0 aliphatic rings. The molecule has 0 aromatic heterocycles. The number of hydrogen-bond donors (Lipinski definition) is 3. The Bertz CT molecular complexity index is 277. The Labute approximate surface area is 131 Å². The molecule has 0 aromatic carbocycles. The molecule has 126 valence electrons. The zero-order valence-electron chi connectivity index (χ0n) is 14.8. The van der Waals surface area contributed by atoms with Crippen LogP contribution >= 0.6 is 0 Å². The largest absolute Gasteiger partial charge is 0.353 e. The molecule has 0 heterocycles. The van der Waals surface area contributed by atoms with Crippen LogP contribution in [0.2, 0.25) is 0 Å². The summed E-state index contributed by atoms with van der Waals surface area (Å²) in [5.41, 5.74) is 5.39. The van der Waals surface area contributed by atoms with Crippen LogP contribution in [0.15, 0.2) is 0 Å². The van der Waals surface area contributed by atoms with Crippen molar-refractivity contribution < 1.29 is 4.79 Å². The van der Waals surface area contributed by atoms with Crippen molar-refractivity contribution in [2.24, 2.45) is 11.1 Å². The fraction of sp³-hybridized carbons (Fsp3) is 0.941. The van der Waals surface area contributed by atoms with Gasteiger partial charge < -0.3 is 16.4 Å². The van der Waals surface area contributed by atoms with E-state index in [2.05, 4.69) is 31.4 Å². The molecule has 4 N–H and O–H groups in total. The Morgan fingerprint density at radius 3 is 2.00 bits per heavy atom. The first-order chi connectivity index (χ1) is 9.63. The number of carbonyl (C=O) groups excluding carboxylic acids is 1. The molecule has 4 heteroatoms. The highest BCUT2D eigenvalue weighted by Crippen LogP contribution is 2.22. The van der Waals surface area contributed by atoms with Gasteiger partial charge in [-0.15, -0.1) is 0 Å². The summed E-state index contributed by atoms with van der Waals surface area (Å²) in [7, 11) is 0. The third-order valence-electron chi connectivity index (χ3n) is 3.45. The predicted octanol–water partition coefficient (Wildman–Crippen LogP) is 2.82. The topological polar surface area (TPSA) is 67.1 Å². The number of rotatable bonds is 11. The van der Waals surface area contributed by atoms with E-state index in [4.69, 9.17) is 5.73 Å². The van der Waals surface area contributed by atoms with Crippen LogP contribution in [0.4, 0.5) is 0 Å². The van der Waals surface area contributed by atoms with Gasteiger partial charge in [0.2, 0.25) is 5.91 Å². The number of unbranched alkanes of at least 4 members (excludes halogenated alkanes) is 4. The molecule has 21 heavy (non-hydrogen) atoms. The molecular weight excluding hydrogens is 262 g/mol. The van der Waals surface area contributed by atoms with Gasteiger partial charge in [-0.2, -0.15) is 0 Å². The van der Waals surface area contributed by atoms with Crippen molar-refractivity contribution >= 4 is 5.91 Å². The van der Waals surface area contributed by atoms with E-state index in [-0.39, 0.29) is 5.91 Å². The average Bonchev–Trinajstić information content (AvgIpc) is 2.33. The van der Waals surface area contributed by atoms with E-state index in [1.165, 1.54) is 38.5 Å². The third-order valence-corrected chi connectivity index (χ3v) is 3.45.